The lowest BCUT2D eigenvalue weighted by atomic mass is 9.99. The molecule has 2 aromatic carbocycles. The number of nitrogens with one attached hydrogen (secondary N) is 1. The van der Waals surface area contributed by atoms with Crippen molar-refractivity contribution in [1.29, 1.82) is 5.26 Å². The van der Waals surface area contributed by atoms with E-state index in [1.807, 2.05) is 31.2 Å². The highest BCUT2D eigenvalue weighted by Crippen LogP contribution is 2.24. The van der Waals surface area contributed by atoms with Crippen molar-refractivity contribution < 1.29 is 4.79 Å². The van der Waals surface area contributed by atoms with E-state index in [0.717, 1.165) is 11.1 Å². The summed E-state index contributed by atoms with van der Waals surface area (Å²) in [6.45, 7) is 1.95. The Morgan fingerprint density at radius 3 is 2.75 bits per heavy atom. The van der Waals surface area contributed by atoms with E-state index in [9.17, 15) is 10.1 Å². The zero-order valence-corrected chi connectivity index (χ0v) is 11.0. The molecule has 0 saturated heterocycles. The molecule has 20 heavy (non-hydrogen) atoms. The van der Waals surface area contributed by atoms with Crippen LogP contribution >= 0.6 is 0 Å². The van der Waals surface area contributed by atoms with Gasteiger partial charge in [0.2, 0.25) is 0 Å². The van der Waals surface area contributed by atoms with Gasteiger partial charge < -0.3 is 4.98 Å². The van der Waals surface area contributed by atoms with E-state index in [1.54, 1.807) is 24.4 Å². The standard InChI is InChI=1S/C17H12N2O/c1-11-4-2-5-12(8-11)17(20)14-10-19-15-7-3-6-13(9-18)16(14)15/h2-8,10,19H,1H3. The second-order valence-electron chi connectivity index (χ2n) is 4.74. The molecule has 0 aliphatic rings. The Bertz CT molecular complexity index is 853. The molecule has 0 spiro atoms. The van der Waals surface area contributed by atoms with Gasteiger partial charge in [-0.05, 0) is 25.1 Å². The zero-order chi connectivity index (χ0) is 14.1. The number of hydrogen-bond acceptors (Lipinski definition) is 2. The Morgan fingerprint density at radius 2 is 2.00 bits per heavy atom. The maximum Gasteiger partial charge on any atom is 0.195 e. The maximum atomic E-state index is 12.6. The molecular formula is C17H12N2O. The van der Waals surface area contributed by atoms with Crippen LogP contribution < -0.4 is 0 Å². The van der Waals surface area contributed by atoms with Gasteiger partial charge in [-0.25, -0.2) is 0 Å². The highest BCUT2D eigenvalue weighted by molar-refractivity contribution is 6.17. The van der Waals surface area contributed by atoms with Crippen LogP contribution in [-0.4, -0.2) is 10.8 Å². The van der Waals surface area contributed by atoms with Gasteiger partial charge in [-0.3, -0.25) is 4.79 Å². The molecule has 3 rings (SSSR count). The number of nitriles is 1. The molecule has 0 radical (unpaired) electrons. The normalized spacial score (nSPS) is 10.4. The van der Waals surface area contributed by atoms with Crippen molar-refractivity contribution in [2.24, 2.45) is 0 Å². The number of benzene rings is 2. The molecule has 0 unspecified atom stereocenters. The minimum absolute atomic E-state index is 0.0670. The molecule has 3 heteroatoms. The van der Waals surface area contributed by atoms with Gasteiger partial charge in [-0.15, -0.1) is 0 Å². The third-order valence-corrected chi connectivity index (χ3v) is 3.35. The topological polar surface area (TPSA) is 56.6 Å². The number of carbonyl (C=O) groups excluding carboxylic acids is 1. The van der Waals surface area contributed by atoms with E-state index in [1.165, 1.54) is 0 Å². The summed E-state index contributed by atoms with van der Waals surface area (Å²) >= 11 is 0. The van der Waals surface area contributed by atoms with E-state index < -0.39 is 0 Å². The Kier molecular flexibility index (Phi) is 2.85. The maximum absolute atomic E-state index is 12.6. The highest BCUT2D eigenvalue weighted by atomic mass is 16.1. The Morgan fingerprint density at radius 1 is 1.20 bits per heavy atom. The summed E-state index contributed by atoms with van der Waals surface area (Å²) in [4.78, 5) is 15.7. The first-order chi connectivity index (χ1) is 9.70. The first kappa shape index (κ1) is 12.2. The van der Waals surface area contributed by atoms with Gasteiger partial charge >= 0.3 is 0 Å². The van der Waals surface area contributed by atoms with Crippen LogP contribution in [0.5, 0.6) is 0 Å². The first-order valence-corrected chi connectivity index (χ1v) is 6.32. The predicted molar refractivity (Wildman–Crippen MR) is 77.6 cm³/mol. The van der Waals surface area contributed by atoms with Gasteiger partial charge in [0.15, 0.2) is 5.78 Å². The van der Waals surface area contributed by atoms with Crippen molar-refractivity contribution in [3.8, 4) is 6.07 Å². The Balaban J connectivity index is 2.21. The molecule has 3 aromatic rings. The summed E-state index contributed by atoms with van der Waals surface area (Å²) in [5.74, 6) is -0.0670. The lowest BCUT2D eigenvalue weighted by Crippen LogP contribution is -2.01. The average molecular weight is 260 g/mol. The second-order valence-corrected chi connectivity index (χ2v) is 4.74. The van der Waals surface area contributed by atoms with Crippen molar-refractivity contribution in [2.75, 3.05) is 0 Å². The molecular weight excluding hydrogens is 248 g/mol. The molecule has 96 valence electrons. The lowest BCUT2D eigenvalue weighted by molar-refractivity contribution is 0.104. The molecule has 1 heterocycles. The number of aromatic amines is 1. The monoisotopic (exact) mass is 260 g/mol. The van der Waals surface area contributed by atoms with Gasteiger partial charge in [0.05, 0.1) is 11.6 Å². The molecule has 0 amide bonds. The number of ketones is 1. The van der Waals surface area contributed by atoms with E-state index in [2.05, 4.69) is 11.1 Å². The average Bonchev–Trinajstić information content (AvgIpc) is 2.90. The minimum atomic E-state index is -0.0670. The van der Waals surface area contributed by atoms with Crippen LogP contribution in [0.25, 0.3) is 10.9 Å². The smallest absolute Gasteiger partial charge is 0.195 e. The molecule has 1 N–H and O–H groups in total. The largest absolute Gasteiger partial charge is 0.360 e. The van der Waals surface area contributed by atoms with Gasteiger partial charge in [-0.1, -0.05) is 29.8 Å². The van der Waals surface area contributed by atoms with Crippen molar-refractivity contribution in [3.05, 3.63) is 70.9 Å². The fourth-order valence-corrected chi connectivity index (χ4v) is 2.40. The SMILES string of the molecule is Cc1cccc(C(=O)c2c[nH]c3cccc(C#N)c23)c1. The molecule has 0 aliphatic carbocycles. The van der Waals surface area contributed by atoms with Crippen molar-refractivity contribution in [3.63, 3.8) is 0 Å². The number of nitrogens with zero attached hydrogens (tertiary/aromatic N) is 1. The van der Waals surface area contributed by atoms with E-state index >= 15 is 0 Å². The molecule has 0 fully saturated rings. The number of hydrogen-bond donors (Lipinski definition) is 1. The van der Waals surface area contributed by atoms with Crippen LogP contribution in [0.15, 0.2) is 48.7 Å². The van der Waals surface area contributed by atoms with Crippen molar-refractivity contribution >= 4 is 16.7 Å². The number of fused-ring (bicyclic) bond motifs is 1. The molecule has 3 nitrogen and oxygen atoms in total. The number of carbonyl (C=O) groups is 1. The molecule has 0 atom stereocenters. The van der Waals surface area contributed by atoms with Gasteiger partial charge in [0.25, 0.3) is 0 Å². The lowest BCUT2D eigenvalue weighted by Gasteiger charge is -2.02. The second kappa shape index (κ2) is 4.67. The van der Waals surface area contributed by atoms with Crippen LogP contribution in [0.4, 0.5) is 0 Å². The molecule has 0 bridgehead atoms. The molecule has 1 aromatic heterocycles. The fraction of sp³-hybridized carbons (Fsp3) is 0.0588. The zero-order valence-electron chi connectivity index (χ0n) is 11.0. The van der Waals surface area contributed by atoms with Crippen LogP contribution in [0.2, 0.25) is 0 Å². The summed E-state index contributed by atoms with van der Waals surface area (Å²) in [5, 5.41) is 9.90. The number of aromatic nitrogens is 1. The number of aryl methyl sites for hydroxylation is 1. The van der Waals surface area contributed by atoms with Crippen molar-refractivity contribution in [1.82, 2.24) is 4.98 Å². The fourth-order valence-electron chi connectivity index (χ4n) is 2.40. The minimum Gasteiger partial charge on any atom is -0.360 e. The van der Waals surface area contributed by atoms with E-state index in [0.29, 0.717) is 22.1 Å². The number of rotatable bonds is 2. The quantitative estimate of drug-likeness (QED) is 0.716. The number of H-pyrrole nitrogens is 1. The first-order valence-electron chi connectivity index (χ1n) is 6.32. The summed E-state index contributed by atoms with van der Waals surface area (Å²) in [6.07, 6.45) is 1.68. The summed E-state index contributed by atoms with van der Waals surface area (Å²) in [6, 6.07) is 15.0. The Hall–Kier alpha value is -2.86. The molecule has 0 saturated carbocycles. The van der Waals surface area contributed by atoms with Crippen LogP contribution in [0, 0.1) is 18.3 Å². The van der Waals surface area contributed by atoms with Crippen molar-refractivity contribution in [2.45, 2.75) is 6.92 Å². The van der Waals surface area contributed by atoms with Crippen LogP contribution in [-0.2, 0) is 0 Å². The summed E-state index contributed by atoms with van der Waals surface area (Å²) < 4.78 is 0. The highest BCUT2D eigenvalue weighted by Gasteiger charge is 2.16. The third-order valence-electron chi connectivity index (χ3n) is 3.35. The Labute approximate surface area is 116 Å². The summed E-state index contributed by atoms with van der Waals surface area (Å²) in [5.41, 5.74) is 3.54. The van der Waals surface area contributed by atoms with Crippen LogP contribution in [0.1, 0.15) is 27.0 Å². The van der Waals surface area contributed by atoms with Gasteiger partial charge in [0, 0.05) is 28.2 Å². The van der Waals surface area contributed by atoms with Gasteiger partial charge in [0.1, 0.15) is 0 Å². The molecule has 0 aliphatic heterocycles. The van der Waals surface area contributed by atoms with E-state index in [4.69, 9.17) is 0 Å². The third kappa shape index (κ3) is 1.88. The van der Waals surface area contributed by atoms with Crippen LogP contribution in [0.3, 0.4) is 0 Å². The van der Waals surface area contributed by atoms with Gasteiger partial charge in [-0.2, -0.15) is 5.26 Å². The predicted octanol–water partition coefficient (Wildman–Crippen LogP) is 3.58. The summed E-state index contributed by atoms with van der Waals surface area (Å²) in [7, 11) is 0. The van der Waals surface area contributed by atoms with E-state index in [-0.39, 0.29) is 5.78 Å².